The van der Waals surface area contributed by atoms with Gasteiger partial charge >= 0.3 is 5.69 Å². The van der Waals surface area contributed by atoms with Crippen molar-refractivity contribution in [3.63, 3.8) is 0 Å². The minimum absolute atomic E-state index is 0.0134. The number of ether oxygens (including phenoxy) is 1. The van der Waals surface area contributed by atoms with Crippen LogP contribution < -0.4 is 4.90 Å². The molecule has 2 aromatic heterocycles. The molecular formula is C15H17N3O3S. The molecule has 0 spiro atoms. The topological polar surface area (TPSA) is 68.5 Å². The van der Waals surface area contributed by atoms with Crippen molar-refractivity contribution >= 4 is 22.8 Å². The molecule has 3 heterocycles. The van der Waals surface area contributed by atoms with Crippen LogP contribution in [0.3, 0.4) is 0 Å². The molecule has 0 N–H and O–H groups in total. The van der Waals surface area contributed by atoms with Gasteiger partial charge in [-0.1, -0.05) is 0 Å². The summed E-state index contributed by atoms with van der Waals surface area (Å²) in [5, 5.41) is 15.5. The molecule has 2 atom stereocenters. The van der Waals surface area contributed by atoms with Crippen LogP contribution in [0.15, 0.2) is 29.1 Å². The van der Waals surface area contributed by atoms with E-state index >= 15 is 0 Å². The van der Waals surface area contributed by atoms with Gasteiger partial charge in [0.1, 0.15) is 6.10 Å². The van der Waals surface area contributed by atoms with Gasteiger partial charge in [0.2, 0.25) is 5.82 Å². The summed E-state index contributed by atoms with van der Waals surface area (Å²) in [5.74, 6) is 0.431. The molecule has 6 nitrogen and oxygen atoms in total. The molecule has 3 rings (SSSR count). The maximum absolute atomic E-state index is 11.4. The second kappa shape index (κ2) is 6.02. The maximum atomic E-state index is 11.4. The van der Waals surface area contributed by atoms with Crippen LogP contribution >= 0.6 is 11.3 Å². The number of nitrogens with zero attached hydrogens (tertiary/aromatic N) is 3. The predicted molar refractivity (Wildman–Crippen MR) is 85.4 cm³/mol. The minimum Gasteiger partial charge on any atom is -0.367 e. The number of anilines is 1. The Morgan fingerprint density at radius 3 is 2.95 bits per heavy atom. The van der Waals surface area contributed by atoms with Gasteiger partial charge in [-0.05, 0) is 42.3 Å². The summed E-state index contributed by atoms with van der Waals surface area (Å²) in [6.45, 7) is 4.88. The first-order chi connectivity index (χ1) is 10.6. The second-order valence-corrected chi connectivity index (χ2v) is 6.23. The van der Waals surface area contributed by atoms with Crippen molar-refractivity contribution in [1.82, 2.24) is 4.98 Å². The Bertz CT molecular complexity index is 675. The van der Waals surface area contributed by atoms with Crippen molar-refractivity contribution in [2.75, 3.05) is 18.0 Å². The van der Waals surface area contributed by atoms with E-state index in [-0.39, 0.29) is 22.8 Å². The Morgan fingerprint density at radius 2 is 2.27 bits per heavy atom. The second-order valence-electron chi connectivity index (χ2n) is 5.45. The zero-order valence-electron chi connectivity index (χ0n) is 12.4. The van der Waals surface area contributed by atoms with Gasteiger partial charge in [-0.2, -0.15) is 11.3 Å². The number of nitro groups is 1. The number of rotatable bonds is 3. The summed E-state index contributed by atoms with van der Waals surface area (Å²) in [5.41, 5.74) is 1.82. The number of morpholine rings is 1. The highest BCUT2D eigenvalue weighted by Crippen LogP contribution is 2.34. The molecule has 0 amide bonds. The van der Waals surface area contributed by atoms with Gasteiger partial charge in [0.15, 0.2) is 0 Å². The normalized spacial score (nSPS) is 21.8. The first kappa shape index (κ1) is 14.9. The third kappa shape index (κ3) is 2.82. The fourth-order valence-electron chi connectivity index (χ4n) is 2.76. The summed E-state index contributed by atoms with van der Waals surface area (Å²) in [4.78, 5) is 17.3. The lowest BCUT2D eigenvalue weighted by molar-refractivity contribution is -0.385. The van der Waals surface area contributed by atoms with Crippen LogP contribution in [-0.4, -0.2) is 29.1 Å². The zero-order chi connectivity index (χ0) is 15.7. The summed E-state index contributed by atoms with van der Waals surface area (Å²) < 4.78 is 5.98. The van der Waals surface area contributed by atoms with Crippen LogP contribution in [0.1, 0.15) is 24.2 Å². The van der Waals surface area contributed by atoms with Crippen LogP contribution in [0, 0.1) is 17.0 Å². The molecule has 7 heteroatoms. The number of aromatic nitrogens is 1. The molecule has 0 aromatic carbocycles. The number of thiophene rings is 1. The zero-order valence-corrected chi connectivity index (χ0v) is 13.2. The monoisotopic (exact) mass is 319 g/mol. The molecule has 2 unspecified atom stereocenters. The van der Waals surface area contributed by atoms with E-state index < -0.39 is 0 Å². The lowest BCUT2D eigenvalue weighted by Crippen LogP contribution is -2.43. The Balaban J connectivity index is 1.94. The standard InChI is InChI=1S/C15H17N3O3S/c1-10-3-5-16-15(14(10)18(19)20)17-7-11(2)21-13(8-17)12-4-6-22-9-12/h3-6,9,11,13H,7-8H2,1-2H3. The molecule has 2 aromatic rings. The average Bonchev–Trinajstić information content (AvgIpc) is 3.00. The van der Waals surface area contributed by atoms with Crippen LogP contribution in [0.25, 0.3) is 0 Å². The molecule has 0 bridgehead atoms. The number of aryl methyl sites for hydroxylation is 1. The highest BCUT2D eigenvalue weighted by atomic mass is 32.1. The molecule has 22 heavy (non-hydrogen) atoms. The van der Waals surface area contributed by atoms with Crippen LogP contribution in [0.4, 0.5) is 11.5 Å². The van der Waals surface area contributed by atoms with E-state index in [0.29, 0.717) is 24.5 Å². The van der Waals surface area contributed by atoms with Gasteiger partial charge in [0.05, 0.1) is 17.6 Å². The van der Waals surface area contributed by atoms with E-state index in [9.17, 15) is 10.1 Å². The third-order valence-electron chi connectivity index (χ3n) is 3.76. The van der Waals surface area contributed by atoms with Crippen molar-refractivity contribution in [2.45, 2.75) is 26.1 Å². The van der Waals surface area contributed by atoms with E-state index in [1.165, 1.54) is 0 Å². The molecule has 0 saturated carbocycles. The van der Waals surface area contributed by atoms with E-state index in [1.54, 1.807) is 30.5 Å². The summed E-state index contributed by atoms with van der Waals surface area (Å²) >= 11 is 1.62. The Labute approximate surface area is 132 Å². The van der Waals surface area contributed by atoms with Gasteiger partial charge in [-0.3, -0.25) is 10.1 Å². The number of hydrogen-bond donors (Lipinski definition) is 0. The third-order valence-corrected chi connectivity index (χ3v) is 4.47. The quantitative estimate of drug-likeness (QED) is 0.641. The van der Waals surface area contributed by atoms with Crippen molar-refractivity contribution in [3.05, 3.63) is 50.3 Å². The Morgan fingerprint density at radius 1 is 1.45 bits per heavy atom. The molecule has 1 aliphatic heterocycles. The highest BCUT2D eigenvalue weighted by Gasteiger charge is 2.32. The van der Waals surface area contributed by atoms with Gasteiger partial charge in [-0.25, -0.2) is 4.98 Å². The first-order valence-corrected chi connectivity index (χ1v) is 8.03. The van der Waals surface area contributed by atoms with Crippen LogP contribution in [-0.2, 0) is 4.74 Å². The summed E-state index contributed by atoms with van der Waals surface area (Å²) in [6.07, 6.45) is 1.52. The largest absolute Gasteiger partial charge is 0.367 e. The highest BCUT2D eigenvalue weighted by molar-refractivity contribution is 7.07. The SMILES string of the molecule is Cc1ccnc(N2CC(C)OC(c3ccsc3)C2)c1[N+](=O)[O-]. The molecule has 0 aliphatic carbocycles. The Kier molecular flexibility index (Phi) is 4.08. The van der Waals surface area contributed by atoms with Gasteiger partial charge < -0.3 is 9.64 Å². The average molecular weight is 319 g/mol. The minimum atomic E-state index is -0.350. The van der Waals surface area contributed by atoms with Gasteiger partial charge in [-0.15, -0.1) is 0 Å². The van der Waals surface area contributed by atoms with Gasteiger partial charge in [0, 0.05) is 18.3 Å². The van der Waals surface area contributed by atoms with E-state index in [0.717, 1.165) is 5.56 Å². The van der Waals surface area contributed by atoms with Crippen LogP contribution in [0.5, 0.6) is 0 Å². The molecule has 1 saturated heterocycles. The molecule has 1 aliphatic rings. The van der Waals surface area contributed by atoms with E-state index in [4.69, 9.17) is 4.74 Å². The summed E-state index contributed by atoms with van der Waals surface area (Å²) in [6, 6.07) is 3.70. The lowest BCUT2D eigenvalue weighted by Gasteiger charge is -2.37. The van der Waals surface area contributed by atoms with E-state index in [2.05, 4.69) is 10.4 Å². The van der Waals surface area contributed by atoms with Crippen molar-refractivity contribution in [2.24, 2.45) is 0 Å². The van der Waals surface area contributed by atoms with Gasteiger partial charge in [0.25, 0.3) is 0 Å². The smallest absolute Gasteiger partial charge is 0.314 e. The fraction of sp³-hybridized carbons (Fsp3) is 0.400. The number of pyridine rings is 1. The maximum Gasteiger partial charge on any atom is 0.314 e. The predicted octanol–water partition coefficient (Wildman–Crippen LogP) is 3.33. The molecule has 1 fully saturated rings. The van der Waals surface area contributed by atoms with E-state index in [1.807, 2.05) is 23.3 Å². The molecular weight excluding hydrogens is 302 g/mol. The Hall–Kier alpha value is -1.99. The molecule has 0 radical (unpaired) electrons. The fourth-order valence-corrected chi connectivity index (χ4v) is 3.46. The molecule has 116 valence electrons. The first-order valence-electron chi connectivity index (χ1n) is 7.08. The number of hydrogen-bond acceptors (Lipinski definition) is 6. The summed E-state index contributed by atoms with van der Waals surface area (Å²) in [7, 11) is 0. The van der Waals surface area contributed by atoms with Crippen molar-refractivity contribution in [1.29, 1.82) is 0 Å². The lowest BCUT2D eigenvalue weighted by atomic mass is 10.1. The van der Waals surface area contributed by atoms with Crippen LogP contribution in [0.2, 0.25) is 0 Å². The van der Waals surface area contributed by atoms with Crippen molar-refractivity contribution < 1.29 is 9.66 Å². The van der Waals surface area contributed by atoms with Crippen molar-refractivity contribution in [3.8, 4) is 0 Å².